The number of carbonyl (C=O) groups excluding carboxylic acids is 1. The van der Waals surface area contributed by atoms with Gasteiger partial charge in [-0.3, -0.25) is 4.79 Å². The van der Waals surface area contributed by atoms with Crippen LogP contribution >= 0.6 is 15.9 Å². The van der Waals surface area contributed by atoms with Crippen LogP contribution in [0.1, 0.15) is 18.4 Å². The number of benzene rings is 2. The second-order valence-corrected chi connectivity index (χ2v) is 9.26. The van der Waals surface area contributed by atoms with Crippen LogP contribution in [0.15, 0.2) is 57.9 Å². The second-order valence-electron chi connectivity index (χ2n) is 6.47. The Hall–Kier alpha value is -1.70. The summed E-state index contributed by atoms with van der Waals surface area (Å²) in [6.45, 7) is 2.60. The van der Waals surface area contributed by atoms with E-state index >= 15 is 0 Å². The van der Waals surface area contributed by atoms with E-state index in [0.717, 1.165) is 15.7 Å². The van der Waals surface area contributed by atoms with Gasteiger partial charge in [-0.15, -0.1) is 0 Å². The average Bonchev–Trinajstić information content (AvgIpc) is 2.65. The van der Waals surface area contributed by atoms with Gasteiger partial charge in [0.05, 0.1) is 10.8 Å². The maximum atomic E-state index is 12.8. The molecule has 5 nitrogen and oxygen atoms in total. The molecule has 2 aromatic carbocycles. The molecule has 1 saturated heterocycles. The van der Waals surface area contributed by atoms with E-state index in [1.54, 1.807) is 30.3 Å². The Bertz CT molecular complexity index is 900. The zero-order valence-corrected chi connectivity index (χ0v) is 16.9. The molecule has 0 saturated carbocycles. The maximum Gasteiger partial charge on any atom is 0.243 e. The summed E-state index contributed by atoms with van der Waals surface area (Å²) in [6.07, 6.45) is 1.35. The summed E-state index contributed by atoms with van der Waals surface area (Å²) in [5, 5.41) is 2.91. The molecule has 0 spiro atoms. The second kappa shape index (κ2) is 7.90. The van der Waals surface area contributed by atoms with Gasteiger partial charge in [0, 0.05) is 23.2 Å². The maximum absolute atomic E-state index is 12.8. The van der Waals surface area contributed by atoms with Crippen molar-refractivity contribution in [1.82, 2.24) is 4.31 Å². The molecule has 26 heavy (non-hydrogen) atoms. The number of nitrogens with zero attached hydrogens (tertiary/aromatic N) is 1. The first-order valence-electron chi connectivity index (χ1n) is 8.50. The number of aryl methyl sites for hydroxylation is 1. The Balaban J connectivity index is 1.71. The fourth-order valence-corrected chi connectivity index (χ4v) is 4.87. The number of carbonyl (C=O) groups is 1. The van der Waals surface area contributed by atoms with Crippen LogP contribution in [0.25, 0.3) is 0 Å². The fourth-order valence-electron chi connectivity index (χ4n) is 3.08. The molecule has 0 aliphatic carbocycles. The van der Waals surface area contributed by atoms with Gasteiger partial charge in [-0.2, -0.15) is 4.31 Å². The van der Waals surface area contributed by atoms with Gasteiger partial charge < -0.3 is 5.32 Å². The van der Waals surface area contributed by atoms with E-state index in [1.165, 1.54) is 4.31 Å². The predicted molar refractivity (Wildman–Crippen MR) is 105 cm³/mol. The number of hydrogen-bond acceptors (Lipinski definition) is 3. The molecule has 0 unspecified atom stereocenters. The SMILES string of the molecule is Cc1cc(NC(=O)[C@H]2CCCN(S(=O)(=O)c3ccccc3)C2)ccc1Br. The first-order chi connectivity index (χ1) is 12.4. The largest absolute Gasteiger partial charge is 0.326 e. The van der Waals surface area contributed by atoms with Crippen molar-refractivity contribution in [1.29, 1.82) is 0 Å². The molecule has 1 fully saturated rings. The number of hydrogen-bond donors (Lipinski definition) is 1. The minimum atomic E-state index is -3.57. The van der Waals surface area contributed by atoms with Crippen LogP contribution in [0.2, 0.25) is 0 Å². The number of nitrogens with one attached hydrogen (secondary N) is 1. The van der Waals surface area contributed by atoms with Crippen LogP contribution in [0.4, 0.5) is 5.69 Å². The van der Waals surface area contributed by atoms with Gasteiger partial charge in [0.25, 0.3) is 0 Å². The van der Waals surface area contributed by atoms with E-state index in [-0.39, 0.29) is 23.3 Å². The highest BCUT2D eigenvalue weighted by atomic mass is 79.9. The highest BCUT2D eigenvalue weighted by Crippen LogP contribution is 2.25. The minimum Gasteiger partial charge on any atom is -0.326 e. The summed E-state index contributed by atoms with van der Waals surface area (Å²) in [5.41, 5.74) is 1.75. The highest BCUT2D eigenvalue weighted by Gasteiger charge is 2.33. The zero-order valence-electron chi connectivity index (χ0n) is 14.5. The van der Waals surface area contributed by atoms with Crippen molar-refractivity contribution < 1.29 is 13.2 Å². The van der Waals surface area contributed by atoms with E-state index in [1.807, 2.05) is 25.1 Å². The fraction of sp³-hybridized carbons (Fsp3) is 0.316. The van der Waals surface area contributed by atoms with Crippen LogP contribution in [0.3, 0.4) is 0 Å². The van der Waals surface area contributed by atoms with Gasteiger partial charge in [-0.05, 0) is 55.7 Å². The van der Waals surface area contributed by atoms with Gasteiger partial charge in [0.15, 0.2) is 0 Å². The molecule has 1 amide bonds. The first-order valence-corrected chi connectivity index (χ1v) is 10.7. The highest BCUT2D eigenvalue weighted by molar-refractivity contribution is 9.10. The Labute approximate surface area is 162 Å². The molecule has 7 heteroatoms. The van der Waals surface area contributed by atoms with Crippen LogP contribution < -0.4 is 5.32 Å². The van der Waals surface area contributed by atoms with Gasteiger partial charge in [-0.1, -0.05) is 34.1 Å². The summed E-state index contributed by atoms with van der Waals surface area (Å²) in [6, 6.07) is 14.0. The van der Waals surface area contributed by atoms with Crippen molar-refractivity contribution in [2.75, 3.05) is 18.4 Å². The lowest BCUT2D eigenvalue weighted by Crippen LogP contribution is -2.43. The summed E-state index contributed by atoms with van der Waals surface area (Å²) in [7, 11) is -3.57. The smallest absolute Gasteiger partial charge is 0.243 e. The predicted octanol–water partition coefficient (Wildman–Crippen LogP) is 3.80. The third-order valence-corrected chi connectivity index (χ3v) is 7.33. The molecule has 0 radical (unpaired) electrons. The number of rotatable bonds is 4. The third-order valence-electron chi connectivity index (χ3n) is 4.56. The van der Waals surface area contributed by atoms with E-state index in [4.69, 9.17) is 0 Å². The number of amides is 1. The molecule has 0 aromatic heterocycles. The zero-order chi connectivity index (χ0) is 18.7. The van der Waals surface area contributed by atoms with Crippen LogP contribution in [0.5, 0.6) is 0 Å². The van der Waals surface area contributed by atoms with Crippen molar-refractivity contribution >= 4 is 37.5 Å². The third kappa shape index (κ3) is 4.16. The number of anilines is 1. The summed E-state index contributed by atoms with van der Waals surface area (Å²) in [5.74, 6) is -0.495. The van der Waals surface area contributed by atoms with Gasteiger partial charge in [0.2, 0.25) is 15.9 Å². The summed E-state index contributed by atoms with van der Waals surface area (Å²) >= 11 is 3.44. The van der Waals surface area contributed by atoms with Crippen molar-refractivity contribution in [3.05, 3.63) is 58.6 Å². The Morgan fingerprint density at radius 1 is 1.19 bits per heavy atom. The molecule has 1 aliphatic rings. The summed E-state index contributed by atoms with van der Waals surface area (Å²) in [4.78, 5) is 12.9. The number of sulfonamides is 1. The van der Waals surface area contributed by atoms with Crippen molar-refractivity contribution in [3.8, 4) is 0 Å². The molecule has 1 atom stereocenters. The standard InChI is InChI=1S/C19H21BrN2O3S/c1-14-12-16(9-10-18(14)20)21-19(23)15-6-5-11-22(13-15)26(24,25)17-7-3-2-4-8-17/h2-4,7-10,12,15H,5-6,11,13H2,1H3,(H,21,23)/t15-/m0/s1. The van der Waals surface area contributed by atoms with E-state index in [2.05, 4.69) is 21.2 Å². The molecule has 1 aliphatic heterocycles. The average molecular weight is 437 g/mol. The molecular formula is C19H21BrN2O3S. The summed E-state index contributed by atoms with van der Waals surface area (Å²) < 4.78 is 28.0. The molecule has 3 rings (SSSR count). The van der Waals surface area contributed by atoms with Gasteiger partial charge >= 0.3 is 0 Å². The molecular weight excluding hydrogens is 416 g/mol. The minimum absolute atomic E-state index is 0.139. The van der Waals surface area contributed by atoms with Crippen LogP contribution in [-0.2, 0) is 14.8 Å². The van der Waals surface area contributed by atoms with Crippen molar-refractivity contribution in [2.24, 2.45) is 5.92 Å². The van der Waals surface area contributed by atoms with Crippen molar-refractivity contribution in [3.63, 3.8) is 0 Å². The lowest BCUT2D eigenvalue weighted by atomic mass is 9.98. The lowest BCUT2D eigenvalue weighted by molar-refractivity contribution is -0.120. The van der Waals surface area contributed by atoms with E-state index < -0.39 is 10.0 Å². The Morgan fingerprint density at radius 2 is 1.92 bits per heavy atom. The number of piperidine rings is 1. The lowest BCUT2D eigenvalue weighted by Gasteiger charge is -2.31. The molecule has 1 heterocycles. The molecule has 0 bridgehead atoms. The Morgan fingerprint density at radius 3 is 2.62 bits per heavy atom. The Kier molecular flexibility index (Phi) is 5.79. The van der Waals surface area contributed by atoms with Crippen LogP contribution in [-0.4, -0.2) is 31.7 Å². The first kappa shape index (κ1) is 19.1. The van der Waals surface area contributed by atoms with Crippen molar-refractivity contribution in [2.45, 2.75) is 24.7 Å². The molecule has 2 aromatic rings. The number of halogens is 1. The van der Waals surface area contributed by atoms with E-state index in [0.29, 0.717) is 19.4 Å². The van der Waals surface area contributed by atoms with Gasteiger partial charge in [0.1, 0.15) is 0 Å². The monoisotopic (exact) mass is 436 g/mol. The van der Waals surface area contributed by atoms with Gasteiger partial charge in [-0.25, -0.2) is 8.42 Å². The quantitative estimate of drug-likeness (QED) is 0.792. The molecule has 1 N–H and O–H groups in total. The topological polar surface area (TPSA) is 66.5 Å². The van der Waals surface area contributed by atoms with E-state index in [9.17, 15) is 13.2 Å². The normalized spacial score (nSPS) is 18.5. The van der Waals surface area contributed by atoms with Crippen LogP contribution in [0, 0.1) is 12.8 Å². The molecule has 138 valence electrons.